The summed E-state index contributed by atoms with van der Waals surface area (Å²) in [5.74, 6) is -4.18. The molecule has 0 unspecified atom stereocenters. The number of pyridine rings is 1. The van der Waals surface area contributed by atoms with E-state index < -0.39 is 17.5 Å². The van der Waals surface area contributed by atoms with Gasteiger partial charge in [-0.3, -0.25) is 14.2 Å². The number of aromatic nitrogens is 5. The molecule has 3 aromatic heterocycles. The van der Waals surface area contributed by atoms with Crippen LogP contribution in [0.15, 0.2) is 24.4 Å². The molecule has 0 spiro atoms. The van der Waals surface area contributed by atoms with Gasteiger partial charge in [0.2, 0.25) is 0 Å². The second kappa shape index (κ2) is 7.43. The summed E-state index contributed by atoms with van der Waals surface area (Å²) in [5, 5.41) is 9.65. The smallest absolute Gasteiger partial charge is 0.255 e. The maximum absolute atomic E-state index is 13.9. The van der Waals surface area contributed by atoms with Crippen LogP contribution in [0, 0.1) is 24.4 Å². The van der Waals surface area contributed by atoms with Crippen molar-refractivity contribution in [1.82, 2.24) is 29.4 Å². The summed E-state index contributed by atoms with van der Waals surface area (Å²) in [6, 6.07) is 3.25. The minimum absolute atomic E-state index is 0.164. The van der Waals surface area contributed by atoms with Crippen LogP contribution < -0.4 is 0 Å². The largest absolute Gasteiger partial charge is 0.330 e. The van der Waals surface area contributed by atoms with Crippen LogP contribution in [0.4, 0.5) is 13.2 Å². The molecule has 10 heteroatoms. The molecule has 0 saturated carbocycles. The van der Waals surface area contributed by atoms with Gasteiger partial charge in [0.1, 0.15) is 0 Å². The molecule has 4 aromatic rings. The fraction of sp³-hybridized carbons (Fsp3) is 0.304. The molecular weight excluding hydrogens is 433 g/mol. The van der Waals surface area contributed by atoms with Gasteiger partial charge >= 0.3 is 0 Å². The zero-order valence-electron chi connectivity index (χ0n) is 18.5. The Morgan fingerprint density at radius 2 is 1.79 bits per heavy atom. The SMILES string of the molecule is Cc1nn(C)c2nccc(C(=O)N3CCc4c(nn(C)c4-c4cc(F)c(F)c(F)c4)[C@@H]3C)c12. The van der Waals surface area contributed by atoms with Crippen molar-refractivity contribution in [3.8, 4) is 11.3 Å². The number of hydrogen-bond acceptors (Lipinski definition) is 4. The number of carbonyl (C=O) groups is 1. The zero-order valence-corrected chi connectivity index (χ0v) is 18.5. The lowest BCUT2D eigenvalue weighted by Gasteiger charge is -2.33. The molecule has 33 heavy (non-hydrogen) atoms. The van der Waals surface area contributed by atoms with Crippen molar-refractivity contribution in [2.45, 2.75) is 26.3 Å². The Morgan fingerprint density at radius 3 is 2.48 bits per heavy atom. The Labute approximate surface area is 187 Å². The fourth-order valence-electron chi connectivity index (χ4n) is 4.78. The third-order valence-electron chi connectivity index (χ3n) is 6.29. The van der Waals surface area contributed by atoms with Crippen LogP contribution in [-0.2, 0) is 20.5 Å². The first-order valence-corrected chi connectivity index (χ1v) is 10.5. The molecule has 4 heterocycles. The standard InChI is InChI=1S/C23H21F3N6O/c1-11-18-14(5-7-27-22(18)31(4)28-11)23(33)32-8-6-15-20(12(32)2)29-30(3)21(15)13-9-16(24)19(26)17(25)10-13/h5,7,9-10,12H,6,8H2,1-4H3/t12-/m0/s1. The summed E-state index contributed by atoms with van der Waals surface area (Å²) in [5.41, 5.74) is 4.01. The molecule has 0 aliphatic carbocycles. The van der Waals surface area contributed by atoms with Gasteiger partial charge in [0, 0.05) is 38.0 Å². The van der Waals surface area contributed by atoms with Crippen molar-refractivity contribution in [2.75, 3.05) is 6.54 Å². The van der Waals surface area contributed by atoms with E-state index in [1.165, 1.54) is 4.68 Å². The lowest BCUT2D eigenvalue weighted by Crippen LogP contribution is -2.39. The van der Waals surface area contributed by atoms with Gasteiger partial charge in [-0.05, 0) is 38.5 Å². The van der Waals surface area contributed by atoms with E-state index in [2.05, 4.69) is 15.2 Å². The molecule has 0 fully saturated rings. The van der Waals surface area contributed by atoms with E-state index in [-0.39, 0.29) is 17.5 Å². The summed E-state index contributed by atoms with van der Waals surface area (Å²) in [7, 11) is 3.44. The average molecular weight is 454 g/mol. The summed E-state index contributed by atoms with van der Waals surface area (Å²) in [4.78, 5) is 19.6. The molecule has 0 radical (unpaired) electrons. The van der Waals surface area contributed by atoms with Crippen LogP contribution in [0.3, 0.4) is 0 Å². The molecule has 0 bridgehead atoms. The predicted octanol–water partition coefficient (Wildman–Crippen LogP) is 3.85. The summed E-state index contributed by atoms with van der Waals surface area (Å²) < 4.78 is 44.4. The van der Waals surface area contributed by atoms with E-state index >= 15 is 0 Å². The van der Waals surface area contributed by atoms with Crippen molar-refractivity contribution < 1.29 is 18.0 Å². The third-order valence-corrected chi connectivity index (χ3v) is 6.29. The molecule has 1 atom stereocenters. The van der Waals surface area contributed by atoms with Crippen molar-refractivity contribution >= 4 is 16.9 Å². The molecule has 7 nitrogen and oxygen atoms in total. The van der Waals surface area contributed by atoms with Crippen LogP contribution >= 0.6 is 0 Å². The van der Waals surface area contributed by atoms with E-state index in [0.29, 0.717) is 41.0 Å². The lowest BCUT2D eigenvalue weighted by molar-refractivity contribution is 0.0675. The lowest BCUT2D eigenvalue weighted by atomic mass is 9.94. The van der Waals surface area contributed by atoms with Gasteiger partial charge in [-0.25, -0.2) is 18.2 Å². The third kappa shape index (κ3) is 3.12. The normalized spacial score (nSPS) is 15.8. The number of carbonyl (C=O) groups excluding carboxylic acids is 1. The van der Waals surface area contributed by atoms with Gasteiger partial charge in [0.25, 0.3) is 5.91 Å². The first kappa shape index (κ1) is 21.2. The van der Waals surface area contributed by atoms with E-state index in [0.717, 1.165) is 23.4 Å². The van der Waals surface area contributed by atoms with E-state index in [1.54, 1.807) is 35.9 Å². The molecule has 0 saturated heterocycles. The van der Waals surface area contributed by atoms with Crippen LogP contribution in [-0.4, -0.2) is 41.9 Å². The molecule has 1 amide bonds. The van der Waals surface area contributed by atoms with Crippen LogP contribution in [0.5, 0.6) is 0 Å². The maximum Gasteiger partial charge on any atom is 0.255 e. The highest BCUT2D eigenvalue weighted by Gasteiger charge is 2.34. The minimum Gasteiger partial charge on any atom is -0.330 e. The van der Waals surface area contributed by atoms with Gasteiger partial charge in [-0.15, -0.1) is 0 Å². The van der Waals surface area contributed by atoms with Gasteiger partial charge in [0.15, 0.2) is 23.1 Å². The van der Waals surface area contributed by atoms with Gasteiger partial charge in [-0.1, -0.05) is 0 Å². The second-order valence-electron chi connectivity index (χ2n) is 8.28. The monoisotopic (exact) mass is 454 g/mol. The van der Waals surface area contributed by atoms with Crippen molar-refractivity contribution in [1.29, 1.82) is 0 Å². The molecule has 1 aliphatic heterocycles. The predicted molar refractivity (Wildman–Crippen MR) is 115 cm³/mol. The molecule has 0 N–H and O–H groups in total. The van der Waals surface area contributed by atoms with Gasteiger partial charge < -0.3 is 4.90 Å². The highest BCUT2D eigenvalue weighted by molar-refractivity contribution is 6.06. The van der Waals surface area contributed by atoms with Crippen LogP contribution in [0.25, 0.3) is 22.3 Å². The molecule has 1 aliphatic rings. The number of amides is 1. The second-order valence-corrected chi connectivity index (χ2v) is 8.28. The Kier molecular flexibility index (Phi) is 4.77. The van der Waals surface area contributed by atoms with Crippen molar-refractivity contribution in [2.24, 2.45) is 14.1 Å². The first-order chi connectivity index (χ1) is 15.7. The van der Waals surface area contributed by atoms with Crippen molar-refractivity contribution in [3.63, 3.8) is 0 Å². The number of fused-ring (bicyclic) bond motifs is 2. The average Bonchev–Trinajstić information content (AvgIpc) is 3.27. The quantitative estimate of drug-likeness (QED) is 0.432. The highest BCUT2D eigenvalue weighted by atomic mass is 19.2. The van der Waals surface area contributed by atoms with E-state index in [9.17, 15) is 18.0 Å². The Balaban J connectivity index is 1.55. The topological polar surface area (TPSA) is 68.8 Å². The Morgan fingerprint density at radius 1 is 1.09 bits per heavy atom. The van der Waals surface area contributed by atoms with Crippen LogP contribution in [0.2, 0.25) is 0 Å². The summed E-state index contributed by atoms with van der Waals surface area (Å²) in [6.07, 6.45) is 2.03. The number of rotatable bonds is 2. The maximum atomic E-state index is 13.9. The summed E-state index contributed by atoms with van der Waals surface area (Å²) >= 11 is 0. The van der Waals surface area contributed by atoms with E-state index in [4.69, 9.17) is 0 Å². The number of nitrogens with zero attached hydrogens (tertiary/aromatic N) is 6. The molecule has 1 aromatic carbocycles. The zero-order chi connectivity index (χ0) is 23.6. The number of benzene rings is 1. The molecule has 5 rings (SSSR count). The molecule has 170 valence electrons. The minimum atomic E-state index is -1.51. The number of aryl methyl sites for hydroxylation is 3. The Bertz CT molecular complexity index is 1420. The fourth-order valence-corrected chi connectivity index (χ4v) is 4.78. The van der Waals surface area contributed by atoms with Crippen LogP contribution in [0.1, 0.15) is 40.3 Å². The first-order valence-electron chi connectivity index (χ1n) is 10.5. The number of hydrogen-bond donors (Lipinski definition) is 0. The highest BCUT2D eigenvalue weighted by Crippen LogP contribution is 2.37. The van der Waals surface area contributed by atoms with Gasteiger partial charge in [-0.2, -0.15) is 10.2 Å². The van der Waals surface area contributed by atoms with Crippen molar-refractivity contribution in [3.05, 3.63) is 64.4 Å². The Hall–Kier alpha value is -3.69. The molecular formula is C23H21F3N6O. The summed E-state index contributed by atoms with van der Waals surface area (Å²) in [6.45, 7) is 4.10. The van der Waals surface area contributed by atoms with E-state index in [1.807, 2.05) is 13.8 Å². The number of halogens is 3. The van der Waals surface area contributed by atoms with Gasteiger partial charge in [0.05, 0.1) is 34.1 Å².